The molecule has 357 valence electrons. The van der Waals surface area contributed by atoms with Gasteiger partial charge in [0.1, 0.15) is 35.9 Å². The number of rotatable bonds is 8. The van der Waals surface area contributed by atoms with Crippen molar-refractivity contribution in [3.05, 3.63) is 158 Å². The van der Waals surface area contributed by atoms with Gasteiger partial charge >= 0.3 is 17.1 Å². The van der Waals surface area contributed by atoms with Crippen LogP contribution in [-0.4, -0.2) is 77.2 Å². The second kappa shape index (κ2) is 28.1. The van der Waals surface area contributed by atoms with Gasteiger partial charge in [-0.2, -0.15) is 10.2 Å². The fourth-order valence-electron chi connectivity index (χ4n) is 7.74. The molecule has 69 heavy (non-hydrogen) atoms. The van der Waals surface area contributed by atoms with E-state index in [1.807, 2.05) is 82.2 Å². The average Bonchev–Trinajstić information content (AvgIpc) is 4.03. The van der Waals surface area contributed by atoms with E-state index in [1.54, 1.807) is 12.7 Å². The maximum Gasteiger partial charge on any atom is 2.00 e. The summed E-state index contributed by atoms with van der Waals surface area (Å²) in [5.74, 6) is 3.87. The van der Waals surface area contributed by atoms with E-state index in [4.69, 9.17) is 10.2 Å². The first-order valence-corrected chi connectivity index (χ1v) is 22.7. The molecule has 10 rings (SSSR count). The van der Waals surface area contributed by atoms with Crippen molar-refractivity contribution in [3.8, 4) is 56.7 Å². The Morgan fingerprint density at radius 1 is 0.391 bits per heavy atom. The Hall–Kier alpha value is -6.50. The van der Waals surface area contributed by atoms with Crippen LogP contribution in [0.2, 0.25) is 0 Å². The maximum absolute atomic E-state index is 9.44. The molecule has 0 aliphatic carbocycles. The maximum atomic E-state index is 9.44. The number of aromatic nitrogens is 8. The van der Waals surface area contributed by atoms with Crippen LogP contribution in [0.5, 0.6) is 0 Å². The predicted molar refractivity (Wildman–Crippen MR) is 265 cm³/mol. The molecule has 4 aromatic heterocycles. The SMILES string of the molecule is CC(C)=O.CC(C)=O.[Cl-].[Cl-].[Mn+2].c1ccc(-c2cc(-c3ccccc3)n(-c3cc(N4CCCCC4)ncn3)n2)cc1.c1ccc(-c2cc(-c3ccccc3)n(-c3cc(N4CCCCC4)ncn3)n2)cc1. The van der Waals surface area contributed by atoms with Crippen LogP contribution in [0.15, 0.2) is 158 Å². The Balaban J connectivity index is 0.000000251. The molecule has 8 aromatic rings. The molecule has 6 heterocycles. The summed E-state index contributed by atoms with van der Waals surface area (Å²) in [6, 6.07) is 49.6. The summed E-state index contributed by atoms with van der Waals surface area (Å²) in [6.07, 6.45) is 10.8. The first kappa shape index (κ1) is 55.1. The smallest absolute Gasteiger partial charge is 1.00 e. The van der Waals surface area contributed by atoms with Crippen LogP contribution in [0, 0.1) is 0 Å². The van der Waals surface area contributed by atoms with E-state index in [-0.39, 0.29) is 53.4 Å². The number of hydrogen-bond acceptors (Lipinski definition) is 10. The zero-order chi connectivity index (χ0) is 46.1. The van der Waals surface area contributed by atoms with Gasteiger partial charge in [0.2, 0.25) is 0 Å². The second-order valence-electron chi connectivity index (χ2n) is 16.5. The summed E-state index contributed by atoms with van der Waals surface area (Å²) in [7, 11) is 0. The topological polar surface area (TPSA) is 128 Å². The molecule has 1 radical (unpaired) electrons. The number of Topliss-reactive ketones (excluding diaryl/α,β-unsaturated/α-hetero) is 2. The molecule has 0 N–H and O–H groups in total. The molecule has 2 aliphatic rings. The van der Waals surface area contributed by atoms with Gasteiger partial charge in [0.05, 0.1) is 22.8 Å². The summed E-state index contributed by atoms with van der Waals surface area (Å²) in [5.41, 5.74) is 8.31. The number of benzene rings is 4. The third-order valence-corrected chi connectivity index (χ3v) is 10.8. The second-order valence-corrected chi connectivity index (χ2v) is 16.5. The molecule has 2 saturated heterocycles. The third kappa shape index (κ3) is 15.8. The number of carbonyl (C=O) groups excluding carboxylic acids is 2. The fourth-order valence-corrected chi connectivity index (χ4v) is 7.74. The number of anilines is 2. The van der Waals surface area contributed by atoms with Crippen molar-refractivity contribution in [2.75, 3.05) is 36.0 Å². The van der Waals surface area contributed by atoms with Crippen molar-refractivity contribution in [1.82, 2.24) is 39.5 Å². The molecule has 0 saturated carbocycles. The number of carbonyl (C=O) groups is 2. The van der Waals surface area contributed by atoms with Gasteiger partial charge < -0.3 is 44.2 Å². The van der Waals surface area contributed by atoms with E-state index in [0.29, 0.717) is 0 Å². The first-order valence-electron chi connectivity index (χ1n) is 22.7. The first-order chi connectivity index (χ1) is 32.2. The van der Waals surface area contributed by atoms with Gasteiger partial charge in [-0.1, -0.05) is 121 Å². The molecule has 0 amide bonds. The van der Waals surface area contributed by atoms with Crippen molar-refractivity contribution in [2.24, 2.45) is 0 Å². The summed E-state index contributed by atoms with van der Waals surface area (Å²) in [6.45, 7) is 10.3. The van der Waals surface area contributed by atoms with Crippen LogP contribution < -0.4 is 34.6 Å². The van der Waals surface area contributed by atoms with Gasteiger partial charge in [-0.05, 0) is 78.4 Å². The van der Waals surface area contributed by atoms with E-state index in [9.17, 15) is 9.59 Å². The standard InChI is InChI=1S/2C24H23N5.2C3H6O.2ClH.Mn/c2*1-4-10-19(11-5-1)21-16-22(20-12-6-2-7-13-20)29(27-21)24-17-23(25-18-26-24)28-14-8-3-9-15-28;2*1-3(2)4;;;/h2*1-2,4-7,10-13,16-18H,3,8-9,14-15H2;2*1-2H3;2*1H;/q;;;;;;+2/p-2. The Kier molecular flexibility index (Phi) is 22.4. The van der Waals surface area contributed by atoms with Crippen molar-refractivity contribution in [1.29, 1.82) is 0 Å². The Morgan fingerprint density at radius 2 is 0.667 bits per heavy atom. The number of halogens is 2. The molecule has 4 aromatic carbocycles. The average molecular weight is 1000 g/mol. The van der Waals surface area contributed by atoms with Gasteiger partial charge in [-0.3, -0.25) is 0 Å². The van der Waals surface area contributed by atoms with E-state index in [2.05, 4.69) is 103 Å². The molecular weight excluding hydrogens is 947 g/mol. The van der Waals surface area contributed by atoms with Crippen LogP contribution in [0.3, 0.4) is 0 Å². The third-order valence-electron chi connectivity index (χ3n) is 10.8. The molecule has 0 unspecified atom stereocenters. The quantitative estimate of drug-likeness (QED) is 0.188. The number of hydrogen-bond donors (Lipinski definition) is 0. The van der Waals surface area contributed by atoms with Crippen LogP contribution in [-0.2, 0) is 26.7 Å². The Labute approximate surface area is 429 Å². The van der Waals surface area contributed by atoms with Gasteiger partial charge in [0.25, 0.3) is 0 Å². The predicted octanol–water partition coefficient (Wildman–Crippen LogP) is 5.17. The van der Waals surface area contributed by atoms with Crippen LogP contribution in [0.4, 0.5) is 11.6 Å². The molecule has 0 spiro atoms. The summed E-state index contributed by atoms with van der Waals surface area (Å²) < 4.78 is 3.87. The van der Waals surface area contributed by atoms with Crippen molar-refractivity contribution in [2.45, 2.75) is 66.2 Å². The van der Waals surface area contributed by atoms with E-state index in [0.717, 1.165) is 94.5 Å². The van der Waals surface area contributed by atoms with Crippen LogP contribution >= 0.6 is 0 Å². The van der Waals surface area contributed by atoms with E-state index >= 15 is 0 Å². The monoisotopic (exact) mass is 1000 g/mol. The normalized spacial score (nSPS) is 12.6. The molecule has 0 atom stereocenters. The minimum atomic E-state index is 0. The number of piperidine rings is 2. The zero-order valence-corrected chi connectivity index (χ0v) is 42.2. The summed E-state index contributed by atoms with van der Waals surface area (Å²) >= 11 is 0. The number of nitrogens with zero attached hydrogens (tertiary/aromatic N) is 10. The molecule has 2 fully saturated rings. The Morgan fingerprint density at radius 3 is 0.971 bits per heavy atom. The molecule has 0 bridgehead atoms. The largest absolute Gasteiger partial charge is 2.00 e. The molecular formula is C54H58Cl2MnN10O2. The minimum absolute atomic E-state index is 0. The molecule has 15 heteroatoms. The fraction of sp³-hybridized carbons (Fsp3) is 0.259. The molecule has 2 aliphatic heterocycles. The summed E-state index contributed by atoms with van der Waals surface area (Å²) in [5, 5.41) is 9.84. The minimum Gasteiger partial charge on any atom is -1.00 e. The zero-order valence-electron chi connectivity index (χ0n) is 39.5. The van der Waals surface area contributed by atoms with Gasteiger partial charge in [-0.15, -0.1) is 0 Å². The van der Waals surface area contributed by atoms with Gasteiger partial charge in [-0.25, -0.2) is 29.3 Å². The van der Waals surface area contributed by atoms with Crippen LogP contribution in [0.1, 0.15) is 66.2 Å². The van der Waals surface area contributed by atoms with E-state index < -0.39 is 0 Å². The van der Waals surface area contributed by atoms with Crippen LogP contribution in [0.25, 0.3) is 56.7 Å². The Bertz CT molecular complexity index is 2570. The van der Waals surface area contributed by atoms with Crippen molar-refractivity contribution >= 4 is 23.2 Å². The van der Waals surface area contributed by atoms with Gasteiger partial charge in [0, 0.05) is 60.6 Å². The molecule has 12 nitrogen and oxygen atoms in total. The van der Waals surface area contributed by atoms with E-state index in [1.165, 1.54) is 66.2 Å². The van der Waals surface area contributed by atoms with Crippen molar-refractivity contribution < 1.29 is 51.5 Å². The van der Waals surface area contributed by atoms with Gasteiger partial charge in [0.15, 0.2) is 11.6 Å². The van der Waals surface area contributed by atoms with Crippen molar-refractivity contribution in [3.63, 3.8) is 0 Å². The summed E-state index contributed by atoms with van der Waals surface area (Å²) in [4.78, 5) is 41.8. The number of ketones is 2.